The zero-order chi connectivity index (χ0) is 27.4. The van der Waals surface area contributed by atoms with Crippen molar-refractivity contribution < 1.29 is 28.6 Å². The minimum atomic E-state index is -0.969. The average Bonchev–Trinajstić information content (AvgIpc) is 3.38. The zero-order valence-electron chi connectivity index (χ0n) is 21.0. The van der Waals surface area contributed by atoms with Crippen LogP contribution in [0.25, 0.3) is 0 Å². The lowest BCUT2D eigenvalue weighted by atomic mass is 10.1. The smallest absolute Gasteiger partial charge is 0.342 e. The molecule has 4 aromatic rings. The Bertz CT molecular complexity index is 1480. The van der Waals surface area contributed by atoms with Crippen molar-refractivity contribution in [1.29, 1.82) is 0 Å². The fourth-order valence-electron chi connectivity index (χ4n) is 4.19. The topological polar surface area (TPSA) is 119 Å². The number of likely N-dealkylation sites (N-methyl/N-ethyl adjacent to an activating group) is 1. The normalized spacial score (nSPS) is 15.6. The van der Waals surface area contributed by atoms with Crippen molar-refractivity contribution in [2.24, 2.45) is 0 Å². The number of ether oxygens (including phenoxy) is 2. The Morgan fingerprint density at radius 1 is 1.21 bits per heavy atom. The van der Waals surface area contributed by atoms with Crippen molar-refractivity contribution in [1.82, 2.24) is 20.1 Å². The first-order chi connectivity index (χ1) is 18.9. The Labute approximate surface area is 223 Å². The molecule has 0 fully saturated rings. The molecule has 2 aromatic carbocycles. The van der Waals surface area contributed by atoms with Gasteiger partial charge in [-0.05, 0) is 53.1 Å². The lowest BCUT2D eigenvalue weighted by Crippen LogP contribution is -2.50. The number of anilines is 1. The van der Waals surface area contributed by atoms with Gasteiger partial charge in [-0.1, -0.05) is 12.1 Å². The number of aliphatic hydroxyl groups is 1. The van der Waals surface area contributed by atoms with E-state index < -0.39 is 18.2 Å². The molecule has 10 nitrogen and oxygen atoms in total. The minimum Gasteiger partial charge on any atom is -0.490 e. The zero-order valence-corrected chi connectivity index (χ0v) is 21.0. The summed E-state index contributed by atoms with van der Waals surface area (Å²) in [5, 5.41) is 17.1. The van der Waals surface area contributed by atoms with E-state index in [1.54, 1.807) is 61.9 Å². The van der Waals surface area contributed by atoms with Crippen LogP contribution >= 0.6 is 0 Å². The van der Waals surface area contributed by atoms with Crippen LogP contribution in [0.15, 0.2) is 79.4 Å². The highest BCUT2D eigenvalue weighted by Gasteiger charge is 2.31. The van der Waals surface area contributed by atoms with Crippen molar-refractivity contribution in [3.63, 3.8) is 0 Å². The molecule has 0 spiro atoms. The lowest BCUT2D eigenvalue weighted by Gasteiger charge is -2.21. The van der Waals surface area contributed by atoms with E-state index in [1.807, 2.05) is 0 Å². The molecule has 200 valence electrons. The highest BCUT2D eigenvalue weighted by atomic mass is 19.1. The number of fused-ring (bicyclic) bond motifs is 1. The van der Waals surface area contributed by atoms with Gasteiger partial charge < -0.3 is 24.8 Å². The summed E-state index contributed by atoms with van der Waals surface area (Å²) < 4.78 is 26.1. The quantitative estimate of drug-likeness (QED) is 0.376. The molecule has 2 atom stereocenters. The number of aliphatic hydroxyl groups excluding tert-OH is 1. The summed E-state index contributed by atoms with van der Waals surface area (Å²) in [7, 11) is 1.58. The molecule has 3 heterocycles. The molecule has 1 aliphatic heterocycles. The molecular formula is C28H26FN5O5. The first-order valence-electron chi connectivity index (χ1n) is 12.2. The van der Waals surface area contributed by atoms with Gasteiger partial charge in [-0.3, -0.25) is 9.78 Å². The number of hydrogen-bond acceptors (Lipinski definition) is 7. The molecule has 1 aliphatic rings. The van der Waals surface area contributed by atoms with E-state index in [9.17, 15) is 19.1 Å². The summed E-state index contributed by atoms with van der Waals surface area (Å²) in [5.74, 6) is 0.162. The third-order valence-corrected chi connectivity index (χ3v) is 6.26. The van der Waals surface area contributed by atoms with Gasteiger partial charge in [0, 0.05) is 38.1 Å². The van der Waals surface area contributed by atoms with Crippen LogP contribution in [0.4, 0.5) is 14.9 Å². The molecular weight excluding hydrogens is 505 g/mol. The van der Waals surface area contributed by atoms with Crippen molar-refractivity contribution in [2.45, 2.75) is 18.6 Å². The summed E-state index contributed by atoms with van der Waals surface area (Å²) in [4.78, 5) is 31.4. The van der Waals surface area contributed by atoms with E-state index in [2.05, 4.69) is 15.4 Å². The van der Waals surface area contributed by atoms with Gasteiger partial charge in [0.25, 0.3) is 5.91 Å². The minimum absolute atomic E-state index is 0.00503. The maximum Gasteiger partial charge on any atom is 0.342 e. The van der Waals surface area contributed by atoms with E-state index >= 15 is 0 Å². The van der Waals surface area contributed by atoms with Crippen LogP contribution in [0.3, 0.4) is 0 Å². The summed E-state index contributed by atoms with van der Waals surface area (Å²) >= 11 is 0. The number of halogens is 1. The number of amides is 2. The fourth-order valence-corrected chi connectivity index (χ4v) is 4.19. The number of benzene rings is 2. The van der Waals surface area contributed by atoms with Crippen molar-refractivity contribution in [3.05, 3.63) is 102 Å². The fraction of sp³-hybridized carbons (Fsp3) is 0.214. The standard InChI is InChI=1S/C28H26FN5O5/c1-33-24-13-22(38-17-25(35)20-7-9-30-10-8-20)5-6-26(24)39-16-23(27(33)36)32-28(37)34-15-19(14-31-34)11-18-3-2-4-21(29)12-18/h2-10,12-15,23,25,35H,11,16-17H2,1H3,(H,32,37)/t23-,25?/m0/s1. The summed E-state index contributed by atoms with van der Waals surface area (Å²) in [5.41, 5.74) is 2.60. The molecule has 2 amide bonds. The van der Waals surface area contributed by atoms with Crippen LogP contribution in [0.5, 0.6) is 11.5 Å². The summed E-state index contributed by atoms with van der Waals surface area (Å²) in [6.07, 6.45) is 5.78. The van der Waals surface area contributed by atoms with Gasteiger partial charge in [-0.25, -0.2) is 9.18 Å². The number of rotatable bonds is 7. The molecule has 2 N–H and O–H groups in total. The molecule has 0 bridgehead atoms. The highest BCUT2D eigenvalue weighted by Crippen LogP contribution is 2.34. The number of hydrogen-bond donors (Lipinski definition) is 2. The third-order valence-electron chi connectivity index (χ3n) is 6.26. The van der Waals surface area contributed by atoms with Gasteiger partial charge in [0.15, 0.2) is 0 Å². The van der Waals surface area contributed by atoms with E-state index in [0.717, 1.165) is 10.2 Å². The van der Waals surface area contributed by atoms with Crippen LogP contribution in [0, 0.1) is 5.82 Å². The van der Waals surface area contributed by atoms with Crippen LogP contribution < -0.4 is 19.7 Å². The SMILES string of the molecule is CN1C(=O)[C@@H](NC(=O)n2cc(Cc3cccc(F)c3)cn2)COc2ccc(OCC(O)c3ccncc3)cc21. The Morgan fingerprint density at radius 2 is 2.03 bits per heavy atom. The molecule has 2 aromatic heterocycles. The second-order valence-corrected chi connectivity index (χ2v) is 9.05. The van der Waals surface area contributed by atoms with Crippen molar-refractivity contribution >= 4 is 17.6 Å². The monoisotopic (exact) mass is 531 g/mol. The Balaban J connectivity index is 1.22. The Hall–Kier alpha value is -4.77. The lowest BCUT2D eigenvalue weighted by molar-refractivity contribution is -0.120. The van der Waals surface area contributed by atoms with Gasteiger partial charge >= 0.3 is 6.03 Å². The van der Waals surface area contributed by atoms with Crippen LogP contribution in [-0.2, 0) is 11.2 Å². The second kappa shape index (κ2) is 11.3. The third kappa shape index (κ3) is 6.04. The maximum atomic E-state index is 13.5. The highest BCUT2D eigenvalue weighted by molar-refractivity contribution is 6.00. The van der Waals surface area contributed by atoms with E-state index in [1.165, 1.54) is 29.4 Å². The van der Waals surface area contributed by atoms with Crippen molar-refractivity contribution in [2.75, 3.05) is 25.2 Å². The number of carbonyl (C=O) groups excluding carboxylic acids is 2. The number of pyridine rings is 1. The molecule has 1 unspecified atom stereocenters. The van der Waals surface area contributed by atoms with E-state index in [4.69, 9.17) is 9.47 Å². The summed E-state index contributed by atoms with van der Waals surface area (Å²) in [6, 6.07) is 13.0. The first kappa shape index (κ1) is 25.9. The van der Waals surface area contributed by atoms with Gasteiger partial charge in [0.2, 0.25) is 0 Å². The maximum absolute atomic E-state index is 13.5. The second-order valence-electron chi connectivity index (χ2n) is 9.05. The van der Waals surface area contributed by atoms with Crippen LogP contribution in [0.1, 0.15) is 22.8 Å². The van der Waals surface area contributed by atoms with Crippen molar-refractivity contribution in [3.8, 4) is 11.5 Å². The van der Waals surface area contributed by atoms with Crippen LogP contribution in [0.2, 0.25) is 0 Å². The van der Waals surface area contributed by atoms with E-state index in [0.29, 0.717) is 34.7 Å². The van der Waals surface area contributed by atoms with Gasteiger partial charge in [-0.15, -0.1) is 0 Å². The molecule has 0 saturated carbocycles. The summed E-state index contributed by atoms with van der Waals surface area (Å²) in [6.45, 7) is -0.0780. The van der Waals surface area contributed by atoms with Gasteiger partial charge in [0.1, 0.15) is 42.7 Å². The molecule has 0 aliphatic carbocycles. The molecule has 0 radical (unpaired) electrons. The number of nitrogens with zero attached hydrogens (tertiary/aromatic N) is 4. The Morgan fingerprint density at radius 3 is 2.82 bits per heavy atom. The number of nitrogens with one attached hydrogen (secondary N) is 1. The largest absolute Gasteiger partial charge is 0.490 e. The molecule has 39 heavy (non-hydrogen) atoms. The predicted octanol–water partition coefficient (Wildman–Crippen LogP) is 3.10. The molecule has 5 rings (SSSR count). The predicted molar refractivity (Wildman–Crippen MR) is 139 cm³/mol. The van der Waals surface area contributed by atoms with Gasteiger partial charge in [-0.2, -0.15) is 9.78 Å². The first-order valence-corrected chi connectivity index (χ1v) is 12.2. The number of carbonyl (C=O) groups is 2. The van der Waals surface area contributed by atoms with Crippen LogP contribution in [-0.4, -0.2) is 58.1 Å². The molecule has 11 heteroatoms. The number of aromatic nitrogens is 3. The average molecular weight is 532 g/mol. The molecule has 0 saturated heterocycles. The van der Waals surface area contributed by atoms with E-state index in [-0.39, 0.29) is 24.9 Å². The Kier molecular flexibility index (Phi) is 7.50. The van der Waals surface area contributed by atoms with Gasteiger partial charge in [0.05, 0.1) is 11.9 Å².